The molecule has 0 aromatic heterocycles. The van der Waals surface area contributed by atoms with E-state index < -0.39 is 60.2 Å². The van der Waals surface area contributed by atoms with Crippen molar-refractivity contribution >= 4 is 65.1 Å². The number of nitrogens with two attached hydrogens (primary N) is 1. The van der Waals surface area contributed by atoms with Crippen LogP contribution in [0.2, 0.25) is 0 Å². The Morgan fingerprint density at radius 3 is 2.14 bits per heavy atom. The number of benzene rings is 2. The molecule has 2 aromatic rings. The van der Waals surface area contributed by atoms with E-state index in [2.05, 4.69) is 5.32 Å². The number of aliphatic hydroxyl groups excluding tert-OH is 1. The number of rotatable bonds is 25. The second kappa shape index (κ2) is 31.6. The Morgan fingerprint density at radius 1 is 0.838 bits per heavy atom. The van der Waals surface area contributed by atoms with Crippen molar-refractivity contribution in [1.29, 1.82) is 0 Å². The summed E-state index contributed by atoms with van der Waals surface area (Å²) < 4.78 is 17.7. The van der Waals surface area contributed by atoms with Crippen LogP contribution in [0, 0.1) is 23.7 Å². The molecule has 0 saturated carbocycles. The lowest BCUT2D eigenvalue weighted by atomic mass is 9.88. The van der Waals surface area contributed by atoms with Crippen LogP contribution in [-0.4, -0.2) is 144 Å². The van der Waals surface area contributed by atoms with Crippen LogP contribution in [-0.2, 0) is 60.8 Å². The molecule has 3 heterocycles. The van der Waals surface area contributed by atoms with Crippen molar-refractivity contribution in [2.24, 2.45) is 29.4 Å². The molecule has 19 heteroatoms. The lowest BCUT2D eigenvalue weighted by Gasteiger charge is -2.35. The molecular formula is C61H84N6O13. The summed E-state index contributed by atoms with van der Waals surface area (Å²) >= 11 is 0. The van der Waals surface area contributed by atoms with Gasteiger partial charge in [0.25, 0.3) is 11.8 Å². The summed E-state index contributed by atoms with van der Waals surface area (Å²) in [4.78, 5) is 122. The highest BCUT2D eigenvalue weighted by atomic mass is 16.6. The number of unbranched alkanes of at least 4 members (excludes halogenated alkanes) is 3. The van der Waals surface area contributed by atoms with Gasteiger partial charge >= 0.3 is 18.2 Å². The van der Waals surface area contributed by atoms with Gasteiger partial charge in [-0.05, 0) is 97.8 Å². The normalized spacial score (nSPS) is 21.2. The van der Waals surface area contributed by atoms with Gasteiger partial charge in [-0.15, -0.1) is 0 Å². The number of ether oxygens (including phenoxy) is 3. The van der Waals surface area contributed by atoms with Gasteiger partial charge < -0.3 is 45.1 Å². The number of nitrogens with one attached hydrogen (secondary N) is 1. The molecule has 3 aliphatic rings. The van der Waals surface area contributed by atoms with Gasteiger partial charge in [0.2, 0.25) is 11.8 Å². The number of primary amides is 1. The summed E-state index contributed by atoms with van der Waals surface area (Å²) in [6, 6.07) is 14.1. The van der Waals surface area contributed by atoms with E-state index in [1.165, 1.54) is 22.0 Å². The van der Waals surface area contributed by atoms with Crippen LogP contribution in [0.1, 0.15) is 128 Å². The first kappa shape index (κ1) is 63.7. The highest BCUT2D eigenvalue weighted by Crippen LogP contribution is 2.27. The van der Waals surface area contributed by atoms with Crippen LogP contribution in [0.3, 0.4) is 0 Å². The van der Waals surface area contributed by atoms with Crippen molar-refractivity contribution in [1.82, 2.24) is 20.0 Å². The molecule has 0 unspecified atom stereocenters. The zero-order chi connectivity index (χ0) is 58.5. The van der Waals surface area contributed by atoms with E-state index in [-0.39, 0.29) is 119 Å². The Bertz CT molecular complexity index is 2550. The fourth-order valence-electron chi connectivity index (χ4n) is 9.90. The lowest BCUT2D eigenvalue weighted by Crippen LogP contribution is -2.51. The van der Waals surface area contributed by atoms with Gasteiger partial charge in [-0.3, -0.25) is 38.5 Å². The van der Waals surface area contributed by atoms with Crippen LogP contribution in [0.4, 0.5) is 15.3 Å². The summed E-state index contributed by atoms with van der Waals surface area (Å²) in [7, 11) is 3.93. The van der Waals surface area contributed by atoms with E-state index in [0.717, 1.165) is 16.8 Å². The van der Waals surface area contributed by atoms with E-state index in [9.17, 15) is 48.3 Å². The van der Waals surface area contributed by atoms with E-state index in [4.69, 9.17) is 19.9 Å². The first-order chi connectivity index (χ1) is 38.1. The average molecular weight is 1110 g/mol. The number of esters is 1. The molecule has 0 bridgehead atoms. The maximum absolute atomic E-state index is 13.8. The molecule has 3 aliphatic heterocycles. The molecule has 80 heavy (non-hydrogen) atoms. The number of carbonyl (C=O) groups is 9. The number of imide groups is 1. The van der Waals surface area contributed by atoms with Gasteiger partial charge in [0.15, 0.2) is 5.78 Å². The summed E-state index contributed by atoms with van der Waals surface area (Å²) in [5, 5.41) is 13.7. The van der Waals surface area contributed by atoms with Gasteiger partial charge in [-0.2, -0.15) is 0 Å². The Kier molecular flexibility index (Phi) is 25.1. The maximum atomic E-state index is 13.8. The standard InChI is InChI=1S/C61H84N6O13/c1-40(2)50(37-48(68)16-9-8-12-29-67-55(72)27-28-56(67)73)59(75)63-51(17-10-11-18-54(62)71)52(70)36-44-21-23-45(24-22-44)39-78-60(76)65-30-32-66(33-31-65)61(77)79-53-26-20-42(4)58(80-57(74)38-49(69)25-19-41(53)3)43(5)34-46-14-13-15-47(35-46)64(6)7/h13-15,20-24,26-28,34-35,40-42,49-51,53,58,69H,8-12,16-19,25,29-33,36-39H2,1-7H3,(H2,62,71)(H,63,75)/b26-20+,43-34+/t41-,42-,49+,50-,51-,53-,58-/m0/s1. The number of ketones is 2. The Balaban J connectivity index is 1.10. The van der Waals surface area contributed by atoms with Crippen LogP contribution >= 0.6 is 0 Å². The van der Waals surface area contributed by atoms with Gasteiger partial charge in [0, 0.05) is 102 Å². The third-order valence-corrected chi connectivity index (χ3v) is 15.0. The fourth-order valence-corrected chi connectivity index (χ4v) is 9.90. The number of piperazine rings is 1. The summed E-state index contributed by atoms with van der Waals surface area (Å²) in [5.74, 6) is -3.75. The van der Waals surface area contributed by atoms with Crippen molar-refractivity contribution in [3.8, 4) is 0 Å². The molecule has 7 atom stereocenters. The third kappa shape index (κ3) is 20.5. The average Bonchev–Trinajstić information content (AvgIpc) is 3.76. The molecule has 0 radical (unpaired) electrons. The second-order valence-corrected chi connectivity index (χ2v) is 22.1. The monoisotopic (exact) mass is 1110 g/mol. The molecule has 1 fully saturated rings. The van der Waals surface area contributed by atoms with Crippen LogP contribution in [0.5, 0.6) is 0 Å². The van der Waals surface area contributed by atoms with E-state index >= 15 is 0 Å². The zero-order valence-corrected chi connectivity index (χ0v) is 47.8. The topological polar surface area (TPSA) is 253 Å². The third-order valence-electron chi connectivity index (χ3n) is 15.0. The van der Waals surface area contributed by atoms with Gasteiger partial charge in [-0.1, -0.05) is 89.1 Å². The number of amides is 6. The number of aliphatic hydroxyl groups is 1. The smallest absolute Gasteiger partial charge is 0.410 e. The predicted molar refractivity (Wildman–Crippen MR) is 302 cm³/mol. The number of nitrogens with zero attached hydrogens (tertiary/aromatic N) is 4. The predicted octanol–water partition coefficient (Wildman–Crippen LogP) is 7.26. The molecule has 436 valence electrons. The van der Waals surface area contributed by atoms with Crippen molar-refractivity contribution < 1.29 is 62.5 Å². The molecule has 6 amide bonds. The lowest BCUT2D eigenvalue weighted by molar-refractivity contribution is -0.151. The largest absolute Gasteiger partial charge is 0.457 e. The van der Waals surface area contributed by atoms with E-state index in [1.54, 1.807) is 29.2 Å². The summed E-state index contributed by atoms with van der Waals surface area (Å²) in [6.45, 7) is 10.6. The molecule has 2 aromatic carbocycles. The first-order valence-corrected chi connectivity index (χ1v) is 28.2. The number of hydrogen-bond acceptors (Lipinski definition) is 14. The Hall–Kier alpha value is -7.15. The van der Waals surface area contributed by atoms with Crippen LogP contribution < -0.4 is 16.0 Å². The van der Waals surface area contributed by atoms with Crippen molar-refractivity contribution in [3.63, 3.8) is 0 Å². The van der Waals surface area contributed by atoms with Gasteiger partial charge in [0.1, 0.15) is 24.6 Å². The molecule has 0 spiro atoms. The highest BCUT2D eigenvalue weighted by Gasteiger charge is 2.33. The number of cyclic esters (lactones) is 1. The van der Waals surface area contributed by atoms with Crippen molar-refractivity contribution in [2.45, 2.75) is 149 Å². The number of hydrogen-bond donors (Lipinski definition) is 3. The van der Waals surface area contributed by atoms with Crippen molar-refractivity contribution in [2.75, 3.05) is 51.7 Å². The minimum absolute atomic E-state index is 0.00103. The fraction of sp³-hybridized carbons (Fsp3) is 0.557. The molecule has 1 saturated heterocycles. The SMILES string of the molecule is C/C(=C\c1cccc(N(C)C)c1)[C@H]1OC(=O)C[C@H](O)CC[C@H](C)[C@@H](OC(=O)N2CCN(C(=O)OCc3ccc(CC(=O)[C@H](CCCCC(N)=O)NC(=O)[C@@H](CC(=O)CCCCCN4C(=O)C=CC4=O)C(C)C)cc3)CC2)/C=C/[C@@H]1C. The van der Waals surface area contributed by atoms with Crippen LogP contribution in [0.25, 0.3) is 6.08 Å². The minimum Gasteiger partial charge on any atom is -0.457 e. The van der Waals surface area contributed by atoms with E-state index in [1.807, 2.05) is 96.1 Å². The molecule has 19 nitrogen and oxygen atoms in total. The Morgan fingerprint density at radius 2 is 1.49 bits per heavy atom. The second-order valence-electron chi connectivity index (χ2n) is 22.1. The first-order valence-electron chi connectivity index (χ1n) is 28.2. The molecular weight excluding hydrogens is 1020 g/mol. The van der Waals surface area contributed by atoms with Crippen LogP contribution in [0.15, 0.2) is 78.4 Å². The zero-order valence-electron chi connectivity index (χ0n) is 47.8. The summed E-state index contributed by atoms with van der Waals surface area (Å²) in [6.07, 6.45) is 8.82. The molecule has 0 aliphatic carbocycles. The van der Waals surface area contributed by atoms with Crippen molar-refractivity contribution in [3.05, 3.63) is 95.1 Å². The van der Waals surface area contributed by atoms with Gasteiger partial charge in [-0.25, -0.2) is 9.59 Å². The number of anilines is 1. The maximum Gasteiger partial charge on any atom is 0.410 e. The minimum atomic E-state index is -0.927. The number of Topliss-reactive ketones (excluding diaryl/α,β-unsaturated/α-hetero) is 2. The highest BCUT2D eigenvalue weighted by molar-refractivity contribution is 6.12. The molecule has 4 N–H and O–H groups in total. The number of carbonyl (C=O) groups excluding carboxylic acids is 9. The summed E-state index contributed by atoms with van der Waals surface area (Å²) in [5.41, 5.74) is 9.48. The molecule has 5 rings (SSSR count). The van der Waals surface area contributed by atoms with E-state index in [0.29, 0.717) is 56.1 Å². The van der Waals surface area contributed by atoms with Gasteiger partial charge in [0.05, 0.1) is 18.6 Å². The Labute approximate surface area is 471 Å². The quantitative estimate of drug-likeness (QED) is 0.0291.